The number of para-hydroxylation sites is 4. The van der Waals surface area contributed by atoms with Gasteiger partial charge in [-0.15, -0.1) is 0 Å². The highest BCUT2D eigenvalue weighted by atomic mass is 15.0. The van der Waals surface area contributed by atoms with Crippen LogP contribution in [0.25, 0.3) is 43.6 Å². The van der Waals surface area contributed by atoms with Crippen molar-refractivity contribution < 1.29 is 0 Å². The maximum atomic E-state index is 2.50. The first-order valence-corrected chi connectivity index (χ1v) is 13.5. The zero-order valence-electron chi connectivity index (χ0n) is 22.3. The van der Waals surface area contributed by atoms with Crippen LogP contribution in [0.2, 0.25) is 0 Å². The molecule has 0 unspecified atom stereocenters. The molecule has 0 aliphatic carbocycles. The molecule has 0 atom stereocenters. The third-order valence-electron chi connectivity index (χ3n) is 8.00. The van der Waals surface area contributed by atoms with Crippen LogP contribution in [-0.4, -0.2) is 9.13 Å². The first-order valence-electron chi connectivity index (χ1n) is 13.5. The molecule has 7 rings (SSSR count). The molecule has 0 bridgehead atoms. The van der Waals surface area contributed by atoms with Gasteiger partial charge in [-0.3, -0.25) is 0 Å². The van der Waals surface area contributed by atoms with Crippen molar-refractivity contribution in [1.82, 2.24) is 9.13 Å². The van der Waals surface area contributed by atoms with E-state index in [9.17, 15) is 0 Å². The highest BCUT2D eigenvalue weighted by Gasteiger charge is 2.24. The van der Waals surface area contributed by atoms with Crippen LogP contribution in [0.15, 0.2) is 115 Å². The van der Waals surface area contributed by atoms with Gasteiger partial charge in [0.25, 0.3) is 0 Å². The molecule has 2 aromatic heterocycles. The minimum atomic E-state index is 0.00342. The van der Waals surface area contributed by atoms with E-state index >= 15 is 0 Å². The molecule has 0 saturated carbocycles. The lowest BCUT2D eigenvalue weighted by Gasteiger charge is -2.28. The summed E-state index contributed by atoms with van der Waals surface area (Å²) in [6, 6.07) is 42.1. The van der Waals surface area contributed by atoms with Crippen LogP contribution in [-0.2, 0) is 18.5 Å². The van der Waals surface area contributed by atoms with Crippen LogP contribution in [0.3, 0.4) is 0 Å². The Labute approximate surface area is 223 Å². The smallest absolute Gasteiger partial charge is 0.0494 e. The van der Waals surface area contributed by atoms with E-state index in [1.807, 2.05) is 0 Å². The molecule has 186 valence electrons. The van der Waals surface area contributed by atoms with Gasteiger partial charge in [0.1, 0.15) is 0 Å². The van der Waals surface area contributed by atoms with Crippen molar-refractivity contribution >= 4 is 43.6 Å². The number of aromatic nitrogens is 2. The van der Waals surface area contributed by atoms with Crippen molar-refractivity contribution in [2.24, 2.45) is 0 Å². The van der Waals surface area contributed by atoms with Crippen LogP contribution in [0, 0.1) is 0 Å². The lowest BCUT2D eigenvalue weighted by molar-refractivity contribution is 0.569. The second-order valence-electron chi connectivity index (χ2n) is 11.4. The molecule has 0 radical (unpaired) electrons. The van der Waals surface area contributed by atoms with Gasteiger partial charge >= 0.3 is 0 Å². The number of rotatable bonds is 4. The Kier molecular flexibility index (Phi) is 5.19. The Balaban J connectivity index is 1.42. The van der Waals surface area contributed by atoms with Crippen LogP contribution >= 0.6 is 0 Å². The Bertz CT molecular complexity index is 1720. The van der Waals surface area contributed by atoms with Gasteiger partial charge in [0, 0.05) is 56.7 Å². The van der Waals surface area contributed by atoms with Crippen molar-refractivity contribution in [2.45, 2.75) is 39.3 Å². The van der Waals surface area contributed by atoms with Gasteiger partial charge in [0.15, 0.2) is 0 Å². The van der Waals surface area contributed by atoms with Gasteiger partial charge in [0.2, 0.25) is 0 Å². The normalized spacial score (nSPS) is 12.3. The summed E-state index contributed by atoms with van der Waals surface area (Å²) in [5, 5.41) is 5.28. The van der Waals surface area contributed by atoms with E-state index in [1.54, 1.807) is 0 Å². The van der Waals surface area contributed by atoms with Crippen LogP contribution < -0.4 is 0 Å². The molecule has 38 heavy (non-hydrogen) atoms. The molecular weight excluding hydrogens is 460 g/mol. The predicted molar refractivity (Wildman–Crippen MR) is 162 cm³/mol. The van der Waals surface area contributed by atoms with Gasteiger partial charge in [0.05, 0.1) is 0 Å². The van der Waals surface area contributed by atoms with Crippen molar-refractivity contribution in [3.8, 4) is 0 Å². The van der Waals surface area contributed by atoms with Crippen molar-refractivity contribution in [3.63, 3.8) is 0 Å². The average molecular weight is 493 g/mol. The molecule has 0 aliphatic rings. The summed E-state index contributed by atoms with van der Waals surface area (Å²) in [6.45, 7) is 8.76. The van der Waals surface area contributed by atoms with E-state index in [0.29, 0.717) is 0 Å². The summed E-state index contributed by atoms with van der Waals surface area (Å²) in [5.41, 5.74) is 9.41. The zero-order chi connectivity index (χ0) is 25.9. The molecular formula is C36H32N2. The van der Waals surface area contributed by atoms with E-state index in [4.69, 9.17) is 0 Å². The molecule has 0 amide bonds. The summed E-state index contributed by atoms with van der Waals surface area (Å²) >= 11 is 0. The van der Waals surface area contributed by atoms with E-state index in [2.05, 4.69) is 145 Å². The molecule has 0 saturated heterocycles. The lowest BCUT2D eigenvalue weighted by Crippen LogP contribution is -2.20. The molecule has 7 aromatic rings. The lowest BCUT2D eigenvalue weighted by atomic mass is 9.80. The fraction of sp³-hybridized carbons (Fsp3) is 0.167. The maximum absolute atomic E-state index is 2.50. The number of nitrogens with zero attached hydrogens (tertiary/aromatic N) is 2. The van der Waals surface area contributed by atoms with Crippen LogP contribution in [0.1, 0.15) is 37.5 Å². The molecule has 0 aliphatic heterocycles. The molecule has 0 fully saturated rings. The van der Waals surface area contributed by atoms with Crippen molar-refractivity contribution in [2.75, 3.05) is 0 Å². The summed E-state index contributed by atoms with van der Waals surface area (Å²) in [4.78, 5) is 0. The number of fused-ring (bicyclic) bond motifs is 6. The third kappa shape index (κ3) is 3.55. The monoisotopic (exact) mass is 492 g/mol. The second kappa shape index (κ2) is 8.63. The highest BCUT2D eigenvalue weighted by Crippen LogP contribution is 2.36. The van der Waals surface area contributed by atoms with Gasteiger partial charge in [-0.25, -0.2) is 0 Å². The highest BCUT2D eigenvalue weighted by molar-refractivity contribution is 6.09. The van der Waals surface area contributed by atoms with Gasteiger partial charge in [-0.2, -0.15) is 0 Å². The number of hydrogen-bond acceptors (Lipinski definition) is 0. The Morgan fingerprint density at radius 1 is 0.421 bits per heavy atom. The van der Waals surface area contributed by atoms with E-state index < -0.39 is 0 Å². The Morgan fingerprint density at radius 3 is 1.05 bits per heavy atom. The van der Waals surface area contributed by atoms with Crippen LogP contribution in [0.4, 0.5) is 0 Å². The summed E-state index contributed by atoms with van der Waals surface area (Å²) < 4.78 is 5.00. The zero-order valence-corrected chi connectivity index (χ0v) is 22.3. The first-order chi connectivity index (χ1) is 18.5. The third-order valence-corrected chi connectivity index (χ3v) is 8.00. The fourth-order valence-corrected chi connectivity index (χ4v) is 6.57. The quantitative estimate of drug-likeness (QED) is 0.232. The fourth-order valence-electron chi connectivity index (χ4n) is 6.57. The number of benzene rings is 5. The SMILES string of the molecule is CC(C)(C)c1c(Cn2c3ccccc3c3ccccc32)cccc1Cn1c2ccccc2c2ccccc21. The minimum Gasteiger partial charge on any atom is -0.336 e. The standard InChI is InChI=1S/C36H32N2/c1-36(2,3)35-25(23-37-31-19-8-4-15-27(31)28-16-5-9-20-32(28)37)13-12-14-26(35)24-38-33-21-10-6-17-29(33)30-18-7-11-22-34(30)38/h4-22H,23-24H2,1-3H3. The first kappa shape index (κ1) is 22.9. The Morgan fingerprint density at radius 2 is 0.737 bits per heavy atom. The second-order valence-corrected chi connectivity index (χ2v) is 11.4. The summed E-state index contributed by atoms with van der Waals surface area (Å²) in [5.74, 6) is 0. The molecule has 0 N–H and O–H groups in total. The van der Waals surface area contributed by atoms with Crippen molar-refractivity contribution in [3.05, 3.63) is 132 Å². The molecule has 2 nitrogen and oxygen atoms in total. The summed E-state index contributed by atoms with van der Waals surface area (Å²) in [7, 11) is 0. The molecule has 5 aromatic carbocycles. The predicted octanol–water partition coefficient (Wildman–Crippen LogP) is 9.30. The maximum Gasteiger partial charge on any atom is 0.0494 e. The van der Waals surface area contributed by atoms with E-state index in [-0.39, 0.29) is 5.41 Å². The molecule has 0 spiro atoms. The molecule has 2 heterocycles. The van der Waals surface area contributed by atoms with E-state index in [1.165, 1.54) is 60.3 Å². The largest absolute Gasteiger partial charge is 0.336 e. The van der Waals surface area contributed by atoms with Crippen LogP contribution in [0.5, 0.6) is 0 Å². The Hall–Kier alpha value is -4.30. The molecule has 2 heteroatoms. The minimum absolute atomic E-state index is 0.00342. The topological polar surface area (TPSA) is 9.86 Å². The summed E-state index contributed by atoms with van der Waals surface area (Å²) in [6.07, 6.45) is 0. The number of hydrogen-bond donors (Lipinski definition) is 0. The van der Waals surface area contributed by atoms with Gasteiger partial charge < -0.3 is 9.13 Å². The van der Waals surface area contributed by atoms with Crippen molar-refractivity contribution in [1.29, 1.82) is 0 Å². The average Bonchev–Trinajstić information content (AvgIpc) is 3.42. The van der Waals surface area contributed by atoms with Gasteiger partial charge in [-0.05, 0) is 46.4 Å². The van der Waals surface area contributed by atoms with E-state index in [0.717, 1.165) is 13.1 Å². The van der Waals surface area contributed by atoms with Gasteiger partial charge in [-0.1, -0.05) is 112 Å².